The molecule has 0 bridgehead atoms. The summed E-state index contributed by atoms with van der Waals surface area (Å²) < 4.78 is 43.4. The maximum atomic E-state index is 14.7. The van der Waals surface area contributed by atoms with Gasteiger partial charge >= 0.3 is 24.3 Å². The van der Waals surface area contributed by atoms with Gasteiger partial charge in [0.2, 0.25) is 0 Å². The van der Waals surface area contributed by atoms with E-state index in [1.54, 1.807) is 86.7 Å². The minimum absolute atomic E-state index is 0.186. The summed E-state index contributed by atoms with van der Waals surface area (Å²) >= 11 is 0. The van der Waals surface area contributed by atoms with Crippen molar-refractivity contribution >= 4 is 36.2 Å². The van der Waals surface area contributed by atoms with Crippen molar-refractivity contribution in [2.75, 3.05) is 33.8 Å². The number of amides is 2. The van der Waals surface area contributed by atoms with Crippen LogP contribution in [0.4, 0.5) is 14.4 Å². The van der Waals surface area contributed by atoms with Gasteiger partial charge in [-0.2, -0.15) is 10.2 Å². The van der Waals surface area contributed by atoms with Crippen molar-refractivity contribution in [1.29, 1.82) is 0 Å². The number of likely N-dealkylation sites (N-methyl/N-ethyl adjacent to an activating group) is 1. The molecule has 0 unspecified atom stereocenters. The van der Waals surface area contributed by atoms with Crippen LogP contribution < -0.4 is 5.32 Å². The van der Waals surface area contributed by atoms with Gasteiger partial charge in [-0.25, -0.2) is 14.4 Å². The third-order valence-corrected chi connectivity index (χ3v) is 13.6. The lowest BCUT2D eigenvalue weighted by Crippen LogP contribution is -2.61. The number of ether oxygens (including phenoxy) is 7. The van der Waals surface area contributed by atoms with Crippen LogP contribution in [0.3, 0.4) is 0 Å². The van der Waals surface area contributed by atoms with Crippen molar-refractivity contribution in [2.45, 2.75) is 149 Å². The van der Waals surface area contributed by atoms with Crippen LogP contribution in [0.1, 0.15) is 94.1 Å². The Balaban J connectivity index is 1.58. The molecule has 0 aliphatic carbocycles. The number of rotatable bonds is 12. The molecular formula is C49H71N5O13. The number of aromatic nitrogens is 2. The lowest BCUT2D eigenvalue weighted by Gasteiger charge is -2.48. The summed E-state index contributed by atoms with van der Waals surface area (Å²) in [5, 5.41) is 22.7. The monoisotopic (exact) mass is 938 g/mol. The molecule has 0 saturated carbocycles. The van der Waals surface area contributed by atoms with E-state index in [0.717, 1.165) is 16.8 Å². The fourth-order valence-corrected chi connectivity index (χ4v) is 9.85. The molecule has 3 aliphatic heterocycles. The van der Waals surface area contributed by atoms with Crippen molar-refractivity contribution in [3.8, 4) is 11.3 Å². The maximum Gasteiger partial charge on any atom is 0.509 e. The largest absolute Gasteiger partial charge is 0.509 e. The molecule has 3 fully saturated rings. The molecule has 18 heteroatoms. The van der Waals surface area contributed by atoms with Gasteiger partial charge in [0.1, 0.15) is 42.4 Å². The topological polar surface area (TPSA) is 214 Å². The van der Waals surface area contributed by atoms with Crippen LogP contribution in [-0.2, 0) is 42.7 Å². The van der Waals surface area contributed by atoms with E-state index < -0.39 is 108 Å². The Morgan fingerprint density at radius 3 is 2.28 bits per heavy atom. The van der Waals surface area contributed by atoms with Gasteiger partial charge in [-0.1, -0.05) is 58.0 Å². The second-order valence-electron chi connectivity index (χ2n) is 18.7. The Hall–Kier alpha value is -5.17. The smallest absolute Gasteiger partial charge is 0.458 e. The number of benzene rings is 1. The quantitative estimate of drug-likeness (QED) is 0.173. The van der Waals surface area contributed by atoms with Gasteiger partial charge in [0.05, 0.1) is 23.8 Å². The number of nitrogens with zero attached hydrogens (tertiary/aromatic N) is 4. The molecule has 1 aromatic heterocycles. The highest BCUT2D eigenvalue weighted by atomic mass is 16.8. The molecule has 3 saturated heterocycles. The number of aliphatic hydroxyl groups is 1. The highest BCUT2D eigenvalue weighted by molar-refractivity contribution is 5.85. The van der Waals surface area contributed by atoms with E-state index in [2.05, 4.69) is 15.5 Å². The maximum absolute atomic E-state index is 14.7. The average molecular weight is 938 g/mol. The van der Waals surface area contributed by atoms with Gasteiger partial charge < -0.3 is 53.4 Å². The van der Waals surface area contributed by atoms with Crippen LogP contribution in [0.2, 0.25) is 0 Å². The first-order chi connectivity index (χ1) is 31.7. The zero-order valence-electron chi connectivity index (χ0n) is 41.0. The van der Waals surface area contributed by atoms with Crippen LogP contribution in [-0.4, -0.2) is 149 Å². The fraction of sp³-hybridized carbons (Fsp3) is 0.653. The van der Waals surface area contributed by atoms with Crippen LogP contribution in [0, 0.1) is 23.7 Å². The predicted molar refractivity (Wildman–Crippen MR) is 246 cm³/mol. The molecule has 2 aromatic rings. The molecule has 2 amide bonds. The number of fused-ring (bicyclic) bond motifs is 1. The summed E-state index contributed by atoms with van der Waals surface area (Å²) in [7, 11) is 3.66. The van der Waals surface area contributed by atoms with E-state index >= 15 is 0 Å². The normalized spacial score (nSPS) is 34.0. The molecule has 67 heavy (non-hydrogen) atoms. The minimum atomic E-state index is -1.82. The van der Waals surface area contributed by atoms with Crippen LogP contribution in [0.5, 0.6) is 0 Å². The number of alkyl carbamates (subject to hydrolysis) is 1. The van der Waals surface area contributed by atoms with Crippen LogP contribution in [0.25, 0.3) is 17.3 Å². The predicted octanol–water partition coefficient (Wildman–Crippen LogP) is 6.43. The van der Waals surface area contributed by atoms with Gasteiger partial charge in [-0.05, 0) is 98.7 Å². The minimum Gasteiger partial charge on any atom is -0.458 e. The van der Waals surface area contributed by atoms with Crippen molar-refractivity contribution in [1.82, 2.24) is 25.3 Å². The number of esters is 1. The van der Waals surface area contributed by atoms with Gasteiger partial charge in [0, 0.05) is 48.6 Å². The number of carbonyl (C=O) groups is 5. The third kappa shape index (κ3) is 12.3. The van der Waals surface area contributed by atoms with Gasteiger partial charge in [0.25, 0.3) is 0 Å². The molecule has 3 aliphatic rings. The fourth-order valence-electron chi connectivity index (χ4n) is 9.85. The SMILES string of the molecule is CC[C@H]1OC(=O)[C@H](C)[C@@H](OC(=O)N(CC)CC)[C@H](C)[C@@H](O[C@@H]2O[C@H](C)C[C@H](N(C)C)[C@H]2O)[C@](C)(OC(=O)OCC=Cc2ccc(-c3cccnn3)cc2)C[C@@H](C)C(=O)[C@H](C)[C@H]2NC(=O)O[C@@]21C. The molecule has 14 atom stereocenters. The number of aliphatic hydroxyl groups excluding tert-OH is 1. The molecule has 0 spiro atoms. The first-order valence-electron chi connectivity index (χ1n) is 23.4. The highest BCUT2D eigenvalue weighted by Crippen LogP contribution is 2.42. The number of carbonyl (C=O) groups excluding carboxylic acids is 5. The number of hydrogen-bond donors (Lipinski definition) is 2. The zero-order chi connectivity index (χ0) is 49.4. The Bertz CT molecular complexity index is 2040. The van der Waals surface area contributed by atoms with Crippen molar-refractivity contribution in [3.63, 3.8) is 0 Å². The first-order valence-corrected chi connectivity index (χ1v) is 23.4. The summed E-state index contributed by atoms with van der Waals surface area (Å²) in [6, 6.07) is 9.88. The number of hydrogen-bond acceptors (Lipinski definition) is 16. The lowest BCUT2D eigenvalue weighted by molar-refractivity contribution is -0.299. The van der Waals surface area contributed by atoms with E-state index in [0.29, 0.717) is 19.5 Å². The molecule has 4 heterocycles. The molecule has 0 radical (unpaired) electrons. The van der Waals surface area contributed by atoms with E-state index in [9.17, 15) is 29.1 Å². The summed E-state index contributed by atoms with van der Waals surface area (Å²) in [5.41, 5.74) is -0.870. The number of cyclic esters (lactones) is 1. The second kappa shape index (κ2) is 22.8. The summed E-state index contributed by atoms with van der Waals surface area (Å²) in [4.78, 5) is 73.5. The number of ketones is 1. The van der Waals surface area contributed by atoms with E-state index in [1.165, 1.54) is 4.90 Å². The molecule has 2 N–H and O–H groups in total. The molecule has 18 nitrogen and oxygen atoms in total. The number of nitrogens with one attached hydrogen (secondary N) is 1. The molecule has 5 rings (SSSR count). The van der Waals surface area contributed by atoms with E-state index in [-0.39, 0.29) is 25.2 Å². The number of Topliss-reactive ketones (excluding diaryl/α,β-unsaturated/α-hetero) is 1. The standard InChI is InChI=1S/C49H71N5O13/c1-13-37-49(10)41(51-45(58)66-49)30(6)38(55)28(4)27-48(9,67-47(60)61-25-17-18-33-20-22-34(23-21-33)35-19-16-24-50-52-35)42(65-44-39(56)36(53(11)12)26-29(5)62-44)31(7)40(32(8)43(57)63-37)64-46(59)54(14-2)15-3/h16-24,28-32,36-37,39-42,44,56H,13-15,25-27H2,1-12H3,(H,51,58)/t28-,29-,30+,31+,32-,36+,37-,39-,40+,41-,42-,44+,48-,49-/m1/s1. The molecular weight excluding hydrogens is 867 g/mol. The Morgan fingerprint density at radius 1 is 0.985 bits per heavy atom. The summed E-state index contributed by atoms with van der Waals surface area (Å²) in [6.07, 6.45) is -3.70. The van der Waals surface area contributed by atoms with E-state index in [4.69, 9.17) is 33.2 Å². The Morgan fingerprint density at radius 2 is 1.67 bits per heavy atom. The summed E-state index contributed by atoms with van der Waals surface area (Å²) in [6.45, 7) is 17.4. The van der Waals surface area contributed by atoms with Crippen molar-refractivity contribution < 1.29 is 62.2 Å². The van der Waals surface area contributed by atoms with E-state index in [1.807, 2.05) is 56.3 Å². The third-order valence-electron chi connectivity index (χ3n) is 13.6. The molecule has 370 valence electrons. The summed E-state index contributed by atoms with van der Waals surface area (Å²) in [5.74, 6) is -5.11. The van der Waals surface area contributed by atoms with Gasteiger partial charge in [0.15, 0.2) is 11.9 Å². The lowest BCUT2D eigenvalue weighted by atomic mass is 9.73. The zero-order valence-corrected chi connectivity index (χ0v) is 41.0. The Labute approximate surface area is 394 Å². The molecule has 1 aromatic carbocycles. The second-order valence-corrected chi connectivity index (χ2v) is 18.7. The average Bonchev–Trinajstić information content (AvgIpc) is 3.61. The van der Waals surface area contributed by atoms with Gasteiger partial charge in [-0.15, -0.1) is 0 Å². The van der Waals surface area contributed by atoms with Crippen LogP contribution >= 0.6 is 0 Å². The highest BCUT2D eigenvalue weighted by Gasteiger charge is 2.58. The van der Waals surface area contributed by atoms with Crippen molar-refractivity contribution in [3.05, 3.63) is 54.2 Å². The first kappa shape index (κ1) is 52.8. The Kier molecular flexibility index (Phi) is 17.9. The van der Waals surface area contributed by atoms with Crippen molar-refractivity contribution in [2.24, 2.45) is 23.7 Å². The van der Waals surface area contributed by atoms with Gasteiger partial charge in [-0.3, -0.25) is 9.59 Å². The van der Waals surface area contributed by atoms with Crippen LogP contribution in [0.15, 0.2) is 48.7 Å².